The number of carbonyl (C=O) groups excluding carboxylic acids is 2. The standard InChI is InChI=1S/C21H26N4O3/c1-14-19(15(2)24-13-23-14)21(27)25-10-8-17(9-11-25)20(26)22-12-16-4-6-18(28-3)7-5-16/h4-7,13,17H,8-12H2,1-3H3,(H,22,26). The Morgan fingerprint density at radius 1 is 1.11 bits per heavy atom. The molecule has 3 rings (SSSR count). The molecule has 7 heteroatoms. The minimum absolute atomic E-state index is 0.0401. The zero-order chi connectivity index (χ0) is 20.1. The summed E-state index contributed by atoms with van der Waals surface area (Å²) < 4.78 is 5.14. The first-order valence-corrected chi connectivity index (χ1v) is 9.47. The highest BCUT2D eigenvalue weighted by Crippen LogP contribution is 2.21. The SMILES string of the molecule is COc1ccc(CNC(=O)C2CCN(C(=O)c3c(C)ncnc3C)CC2)cc1. The van der Waals surface area contributed by atoms with Crippen LogP contribution >= 0.6 is 0 Å². The third kappa shape index (κ3) is 4.47. The Balaban J connectivity index is 1.51. The summed E-state index contributed by atoms with van der Waals surface area (Å²) in [5.41, 5.74) is 2.98. The Kier molecular flexibility index (Phi) is 6.23. The van der Waals surface area contributed by atoms with Gasteiger partial charge in [-0.15, -0.1) is 0 Å². The summed E-state index contributed by atoms with van der Waals surface area (Å²) >= 11 is 0. The minimum atomic E-state index is -0.0727. The van der Waals surface area contributed by atoms with Gasteiger partial charge in [0.15, 0.2) is 0 Å². The van der Waals surface area contributed by atoms with Gasteiger partial charge >= 0.3 is 0 Å². The van der Waals surface area contributed by atoms with E-state index in [1.165, 1.54) is 6.33 Å². The second kappa shape index (κ2) is 8.82. The van der Waals surface area contributed by atoms with Gasteiger partial charge in [-0.3, -0.25) is 9.59 Å². The zero-order valence-electron chi connectivity index (χ0n) is 16.6. The van der Waals surface area contributed by atoms with Gasteiger partial charge in [0.25, 0.3) is 5.91 Å². The van der Waals surface area contributed by atoms with Gasteiger partial charge in [0.2, 0.25) is 5.91 Å². The monoisotopic (exact) mass is 382 g/mol. The number of carbonyl (C=O) groups is 2. The van der Waals surface area contributed by atoms with Crippen LogP contribution in [-0.4, -0.2) is 46.9 Å². The van der Waals surface area contributed by atoms with Crippen molar-refractivity contribution in [2.45, 2.75) is 33.2 Å². The first-order valence-electron chi connectivity index (χ1n) is 9.47. The summed E-state index contributed by atoms with van der Waals surface area (Å²) in [6.45, 7) is 5.25. The fraction of sp³-hybridized carbons (Fsp3) is 0.429. The van der Waals surface area contributed by atoms with Crippen LogP contribution in [-0.2, 0) is 11.3 Å². The van der Waals surface area contributed by atoms with E-state index >= 15 is 0 Å². The van der Waals surface area contributed by atoms with E-state index in [0.29, 0.717) is 49.4 Å². The van der Waals surface area contributed by atoms with Crippen molar-refractivity contribution in [2.24, 2.45) is 5.92 Å². The summed E-state index contributed by atoms with van der Waals surface area (Å²) in [5, 5.41) is 3.00. The van der Waals surface area contributed by atoms with Crippen LogP contribution in [0.3, 0.4) is 0 Å². The van der Waals surface area contributed by atoms with Gasteiger partial charge in [0.05, 0.1) is 24.1 Å². The fourth-order valence-electron chi connectivity index (χ4n) is 3.48. The van der Waals surface area contributed by atoms with Crippen molar-refractivity contribution in [3.63, 3.8) is 0 Å². The number of hydrogen-bond acceptors (Lipinski definition) is 5. The van der Waals surface area contributed by atoms with Crippen molar-refractivity contribution < 1.29 is 14.3 Å². The molecule has 0 aliphatic carbocycles. The maximum Gasteiger partial charge on any atom is 0.257 e. The predicted octanol–water partition coefficient (Wildman–Crippen LogP) is 2.27. The molecule has 0 radical (unpaired) electrons. The number of nitrogens with one attached hydrogen (secondary N) is 1. The van der Waals surface area contributed by atoms with Crippen molar-refractivity contribution in [1.29, 1.82) is 0 Å². The molecule has 0 bridgehead atoms. The van der Waals surface area contributed by atoms with Gasteiger partial charge < -0.3 is 15.0 Å². The fourth-order valence-corrected chi connectivity index (χ4v) is 3.48. The number of piperidine rings is 1. The summed E-state index contributed by atoms with van der Waals surface area (Å²) in [7, 11) is 1.63. The molecular formula is C21H26N4O3. The molecule has 2 heterocycles. The number of likely N-dealkylation sites (tertiary alicyclic amines) is 1. The second-order valence-electron chi connectivity index (χ2n) is 7.05. The number of methoxy groups -OCH3 is 1. The van der Waals surface area contributed by atoms with E-state index in [9.17, 15) is 9.59 Å². The minimum Gasteiger partial charge on any atom is -0.497 e. The van der Waals surface area contributed by atoms with Crippen LogP contribution in [0.25, 0.3) is 0 Å². The van der Waals surface area contributed by atoms with E-state index in [1.807, 2.05) is 38.1 Å². The molecule has 1 aliphatic rings. The van der Waals surface area contributed by atoms with Crippen LogP contribution in [0.1, 0.15) is 40.2 Å². The average molecular weight is 382 g/mol. The molecular weight excluding hydrogens is 356 g/mol. The number of nitrogens with zero attached hydrogens (tertiary/aromatic N) is 3. The lowest BCUT2D eigenvalue weighted by molar-refractivity contribution is -0.126. The molecule has 1 aromatic carbocycles. The maximum atomic E-state index is 12.8. The molecule has 2 amide bonds. The summed E-state index contributed by atoms with van der Waals surface area (Å²) in [5.74, 6) is 0.712. The first-order chi connectivity index (χ1) is 13.5. The van der Waals surface area contributed by atoms with Crippen LogP contribution in [0, 0.1) is 19.8 Å². The number of aromatic nitrogens is 2. The molecule has 28 heavy (non-hydrogen) atoms. The molecule has 2 aromatic rings. The number of aryl methyl sites for hydroxylation is 2. The lowest BCUT2D eigenvalue weighted by Crippen LogP contribution is -2.43. The molecule has 1 N–H and O–H groups in total. The number of benzene rings is 1. The molecule has 148 valence electrons. The number of ether oxygens (including phenoxy) is 1. The largest absolute Gasteiger partial charge is 0.497 e. The van der Waals surface area contributed by atoms with Gasteiger partial charge in [0.1, 0.15) is 12.1 Å². The van der Waals surface area contributed by atoms with Crippen molar-refractivity contribution in [3.8, 4) is 5.75 Å². The third-order valence-electron chi connectivity index (χ3n) is 5.22. The number of hydrogen-bond donors (Lipinski definition) is 1. The Morgan fingerprint density at radius 3 is 2.29 bits per heavy atom. The topological polar surface area (TPSA) is 84.4 Å². The van der Waals surface area contributed by atoms with Crippen LogP contribution in [0.5, 0.6) is 5.75 Å². The molecule has 0 saturated carbocycles. The lowest BCUT2D eigenvalue weighted by atomic mass is 9.95. The van der Waals surface area contributed by atoms with Gasteiger partial charge in [-0.25, -0.2) is 9.97 Å². The van der Waals surface area contributed by atoms with Gasteiger partial charge in [0, 0.05) is 25.6 Å². The van der Waals surface area contributed by atoms with E-state index < -0.39 is 0 Å². The zero-order valence-corrected chi connectivity index (χ0v) is 16.6. The second-order valence-corrected chi connectivity index (χ2v) is 7.05. The Hall–Kier alpha value is -2.96. The predicted molar refractivity (Wildman–Crippen MR) is 105 cm³/mol. The molecule has 0 unspecified atom stereocenters. The normalized spacial score (nSPS) is 14.6. The molecule has 1 saturated heterocycles. The molecule has 1 fully saturated rings. The Labute approximate surface area is 165 Å². The van der Waals surface area contributed by atoms with E-state index in [1.54, 1.807) is 12.0 Å². The van der Waals surface area contributed by atoms with Crippen LogP contribution in [0.15, 0.2) is 30.6 Å². The number of rotatable bonds is 5. The molecule has 0 spiro atoms. The van der Waals surface area contributed by atoms with E-state index in [0.717, 1.165) is 11.3 Å². The third-order valence-corrected chi connectivity index (χ3v) is 5.22. The quantitative estimate of drug-likeness (QED) is 0.858. The Bertz CT molecular complexity index is 823. The smallest absolute Gasteiger partial charge is 0.257 e. The van der Waals surface area contributed by atoms with E-state index in [4.69, 9.17) is 4.74 Å². The summed E-state index contributed by atoms with van der Waals surface area (Å²) in [6.07, 6.45) is 2.79. The molecule has 7 nitrogen and oxygen atoms in total. The Morgan fingerprint density at radius 2 is 1.71 bits per heavy atom. The lowest BCUT2D eigenvalue weighted by Gasteiger charge is -2.31. The summed E-state index contributed by atoms with van der Waals surface area (Å²) in [4.78, 5) is 35.4. The first kappa shape index (κ1) is 19.8. The molecule has 0 atom stereocenters. The number of amides is 2. The summed E-state index contributed by atoms with van der Waals surface area (Å²) in [6, 6.07) is 7.63. The van der Waals surface area contributed by atoms with Gasteiger partial charge in [-0.1, -0.05) is 12.1 Å². The highest BCUT2D eigenvalue weighted by atomic mass is 16.5. The van der Waals surface area contributed by atoms with Crippen LogP contribution in [0.4, 0.5) is 0 Å². The van der Waals surface area contributed by atoms with Gasteiger partial charge in [-0.2, -0.15) is 0 Å². The van der Waals surface area contributed by atoms with E-state index in [-0.39, 0.29) is 17.7 Å². The van der Waals surface area contributed by atoms with E-state index in [2.05, 4.69) is 15.3 Å². The van der Waals surface area contributed by atoms with Crippen LogP contribution in [0.2, 0.25) is 0 Å². The van der Waals surface area contributed by atoms with Gasteiger partial charge in [-0.05, 0) is 44.4 Å². The molecule has 1 aliphatic heterocycles. The van der Waals surface area contributed by atoms with Crippen molar-refractivity contribution in [3.05, 3.63) is 53.1 Å². The molecule has 1 aromatic heterocycles. The van der Waals surface area contributed by atoms with Crippen LogP contribution < -0.4 is 10.1 Å². The maximum absolute atomic E-state index is 12.8. The average Bonchev–Trinajstić information content (AvgIpc) is 2.72. The van der Waals surface area contributed by atoms with Crippen molar-refractivity contribution in [2.75, 3.05) is 20.2 Å². The van der Waals surface area contributed by atoms with Crippen molar-refractivity contribution >= 4 is 11.8 Å². The van der Waals surface area contributed by atoms with Crippen molar-refractivity contribution in [1.82, 2.24) is 20.2 Å². The highest BCUT2D eigenvalue weighted by molar-refractivity contribution is 5.96. The highest BCUT2D eigenvalue weighted by Gasteiger charge is 2.29.